The van der Waals surface area contributed by atoms with Gasteiger partial charge in [-0.3, -0.25) is 0 Å². The number of carbonyl (C=O) groups is 2. The van der Waals surface area contributed by atoms with Crippen LogP contribution >= 0.6 is 0 Å². The fourth-order valence-corrected chi connectivity index (χ4v) is 2.22. The number of carboxylic acid groups (broad SMARTS) is 1. The molecule has 0 aromatic heterocycles. The van der Waals surface area contributed by atoms with Crippen LogP contribution in [0.1, 0.15) is 26.7 Å². The third-order valence-corrected chi connectivity index (χ3v) is 3.64. The van der Waals surface area contributed by atoms with Crippen LogP contribution in [0.25, 0.3) is 0 Å². The van der Waals surface area contributed by atoms with Crippen molar-refractivity contribution in [1.82, 2.24) is 10.2 Å². The zero-order valence-corrected chi connectivity index (χ0v) is 10.0. The normalized spacial score (nSPS) is 34.5. The summed E-state index contributed by atoms with van der Waals surface area (Å²) < 4.78 is 0. The highest BCUT2D eigenvalue weighted by atomic mass is 16.4. The molecular weight excluding hydrogens is 224 g/mol. The number of nitrogens with zero attached hydrogens (tertiary/aromatic N) is 1. The van der Waals surface area contributed by atoms with E-state index in [0.29, 0.717) is 0 Å². The fraction of sp³-hybridized carbons (Fsp3) is 0.818. The molecule has 1 unspecified atom stereocenters. The molecule has 2 amide bonds. The van der Waals surface area contributed by atoms with Gasteiger partial charge in [-0.2, -0.15) is 0 Å². The number of urea groups is 1. The monoisotopic (exact) mass is 242 g/mol. The Morgan fingerprint density at radius 3 is 2.47 bits per heavy atom. The fourth-order valence-electron chi connectivity index (χ4n) is 2.22. The SMILES string of the molecule is CC1(C)CC1NC(=O)N1C[C@@H](O)C[C@H]1C(=O)O. The van der Waals surface area contributed by atoms with E-state index in [1.807, 2.05) is 13.8 Å². The molecule has 1 saturated carbocycles. The first-order valence-corrected chi connectivity index (χ1v) is 5.79. The van der Waals surface area contributed by atoms with Crippen molar-refractivity contribution in [3.8, 4) is 0 Å². The molecule has 2 rings (SSSR count). The number of rotatable bonds is 2. The summed E-state index contributed by atoms with van der Waals surface area (Å²) in [6.45, 7) is 4.19. The van der Waals surface area contributed by atoms with Crippen molar-refractivity contribution in [2.24, 2.45) is 5.41 Å². The quantitative estimate of drug-likeness (QED) is 0.636. The summed E-state index contributed by atoms with van der Waals surface area (Å²) >= 11 is 0. The first kappa shape index (κ1) is 12.2. The van der Waals surface area contributed by atoms with Crippen molar-refractivity contribution in [2.45, 2.75) is 44.9 Å². The number of aliphatic hydroxyl groups is 1. The molecular formula is C11H18N2O4. The van der Waals surface area contributed by atoms with Crippen LogP contribution in [0.3, 0.4) is 0 Å². The van der Waals surface area contributed by atoms with E-state index in [0.717, 1.165) is 6.42 Å². The number of carbonyl (C=O) groups excluding carboxylic acids is 1. The van der Waals surface area contributed by atoms with Gasteiger partial charge in [0.05, 0.1) is 6.10 Å². The van der Waals surface area contributed by atoms with Crippen molar-refractivity contribution in [3.63, 3.8) is 0 Å². The first-order valence-electron chi connectivity index (χ1n) is 5.79. The van der Waals surface area contributed by atoms with E-state index >= 15 is 0 Å². The Balaban J connectivity index is 1.96. The minimum Gasteiger partial charge on any atom is -0.480 e. The van der Waals surface area contributed by atoms with Crippen LogP contribution in [0.15, 0.2) is 0 Å². The Bertz CT molecular complexity index is 355. The van der Waals surface area contributed by atoms with Crippen molar-refractivity contribution in [1.29, 1.82) is 0 Å². The lowest BCUT2D eigenvalue weighted by Crippen LogP contribution is -2.47. The molecule has 2 aliphatic rings. The van der Waals surface area contributed by atoms with Gasteiger partial charge in [0.2, 0.25) is 0 Å². The van der Waals surface area contributed by atoms with E-state index < -0.39 is 18.1 Å². The van der Waals surface area contributed by atoms with Gasteiger partial charge in [-0.25, -0.2) is 9.59 Å². The summed E-state index contributed by atoms with van der Waals surface area (Å²) in [4.78, 5) is 24.1. The van der Waals surface area contributed by atoms with Gasteiger partial charge in [-0.15, -0.1) is 0 Å². The van der Waals surface area contributed by atoms with Crippen LogP contribution in [-0.4, -0.2) is 51.8 Å². The first-order chi connectivity index (χ1) is 7.81. The minimum atomic E-state index is -1.06. The topological polar surface area (TPSA) is 89.9 Å². The molecule has 0 bridgehead atoms. The van der Waals surface area contributed by atoms with E-state index in [4.69, 9.17) is 5.11 Å². The Labute approximate surface area is 99.6 Å². The number of aliphatic hydroxyl groups excluding tert-OH is 1. The molecule has 17 heavy (non-hydrogen) atoms. The molecule has 0 aromatic carbocycles. The molecule has 1 aliphatic carbocycles. The average Bonchev–Trinajstić information content (AvgIpc) is 2.63. The van der Waals surface area contributed by atoms with Gasteiger partial charge in [0, 0.05) is 19.0 Å². The smallest absolute Gasteiger partial charge is 0.326 e. The Kier molecular flexibility index (Phi) is 2.77. The van der Waals surface area contributed by atoms with Crippen LogP contribution in [-0.2, 0) is 4.79 Å². The highest BCUT2D eigenvalue weighted by Gasteiger charge is 2.48. The van der Waals surface area contributed by atoms with Gasteiger partial charge in [0.25, 0.3) is 0 Å². The standard InChI is InChI=1S/C11H18N2O4/c1-11(2)4-8(11)12-10(17)13-5-6(14)3-7(13)9(15)16/h6-8,14H,3-5H2,1-2H3,(H,12,17)(H,15,16)/t6-,7-,8?/m0/s1. The summed E-state index contributed by atoms with van der Waals surface area (Å²) in [5, 5.41) is 21.2. The minimum absolute atomic E-state index is 0.0932. The Morgan fingerprint density at radius 1 is 1.41 bits per heavy atom. The Hall–Kier alpha value is -1.30. The molecule has 2 fully saturated rings. The number of β-amino-alcohol motifs (C(OH)–C–C–N with tert-alkyl or cyclic N) is 1. The molecule has 0 aromatic rings. The lowest BCUT2D eigenvalue weighted by molar-refractivity contribution is -0.141. The van der Waals surface area contributed by atoms with E-state index in [9.17, 15) is 14.7 Å². The lowest BCUT2D eigenvalue weighted by Gasteiger charge is -2.22. The summed E-state index contributed by atoms with van der Waals surface area (Å²) in [5.41, 5.74) is 0.104. The van der Waals surface area contributed by atoms with Gasteiger partial charge in [0.15, 0.2) is 0 Å². The Morgan fingerprint density at radius 2 is 2.00 bits per heavy atom. The van der Waals surface area contributed by atoms with Crippen molar-refractivity contribution < 1.29 is 19.8 Å². The highest BCUT2D eigenvalue weighted by molar-refractivity contribution is 5.83. The van der Waals surface area contributed by atoms with Crippen LogP contribution in [0, 0.1) is 5.41 Å². The molecule has 0 radical (unpaired) electrons. The van der Waals surface area contributed by atoms with Crippen LogP contribution < -0.4 is 5.32 Å². The van der Waals surface area contributed by atoms with Crippen molar-refractivity contribution in [2.75, 3.05) is 6.54 Å². The van der Waals surface area contributed by atoms with Gasteiger partial charge in [-0.05, 0) is 11.8 Å². The van der Waals surface area contributed by atoms with Crippen LogP contribution in [0.5, 0.6) is 0 Å². The van der Waals surface area contributed by atoms with Gasteiger partial charge in [-0.1, -0.05) is 13.8 Å². The number of likely N-dealkylation sites (tertiary alicyclic amines) is 1. The molecule has 6 nitrogen and oxygen atoms in total. The van der Waals surface area contributed by atoms with Gasteiger partial charge < -0.3 is 20.4 Å². The number of amides is 2. The molecule has 1 saturated heterocycles. The number of aliphatic carboxylic acids is 1. The average molecular weight is 242 g/mol. The molecule has 3 atom stereocenters. The second-order valence-corrected chi connectivity index (χ2v) is 5.59. The number of carboxylic acids is 1. The maximum absolute atomic E-state index is 11.9. The predicted octanol–water partition coefficient (Wildman–Crippen LogP) is 0.0143. The summed E-state index contributed by atoms with van der Waals surface area (Å²) in [6.07, 6.45) is 0.276. The third-order valence-electron chi connectivity index (χ3n) is 3.64. The highest BCUT2D eigenvalue weighted by Crippen LogP contribution is 2.44. The van der Waals surface area contributed by atoms with E-state index in [2.05, 4.69) is 5.32 Å². The predicted molar refractivity (Wildman–Crippen MR) is 59.5 cm³/mol. The van der Waals surface area contributed by atoms with Crippen molar-refractivity contribution >= 4 is 12.0 Å². The van der Waals surface area contributed by atoms with E-state index in [-0.39, 0.29) is 30.5 Å². The largest absolute Gasteiger partial charge is 0.480 e. The van der Waals surface area contributed by atoms with Gasteiger partial charge >= 0.3 is 12.0 Å². The lowest BCUT2D eigenvalue weighted by atomic mass is 10.2. The second-order valence-electron chi connectivity index (χ2n) is 5.59. The molecule has 0 spiro atoms. The zero-order chi connectivity index (χ0) is 12.8. The maximum Gasteiger partial charge on any atom is 0.326 e. The third kappa shape index (κ3) is 2.36. The van der Waals surface area contributed by atoms with Gasteiger partial charge in [0.1, 0.15) is 6.04 Å². The molecule has 6 heteroatoms. The van der Waals surface area contributed by atoms with E-state index in [1.54, 1.807) is 0 Å². The van der Waals surface area contributed by atoms with Crippen LogP contribution in [0.4, 0.5) is 4.79 Å². The summed E-state index contributed by atoms with van der Waals surface area (Å²) in [5.74, 6) is -1.06. The summed E-state index contributed by atoms with van der Waals surface area (Å²) in [7, 11) is 0. The number of nitrogens with one attached hydrogen (secondary N) is 1. The number of hydrogen-bond acceptors (Lipinski definition) is 3. The number of hydrogen-bond donors (Lipinski definition) is 3. The molecule has 1 heterocycles. The van der Waals surface area contributed by atoms with Crippen molar-refractivity contribution in [3.05, 3.63) is 0 Å². The van der Waals surface area contributed by atoms with E-state index in [1.165, 1.54) is 4.90 Å². The maximum atomic E-state index is 11.9. The zero-order valence-electron chi connectivity index (χ0n) is 10.0. The molecule has 96 valence electrons. The molecule has 1 aliphatic heterocycles. The molecule has 3 N–H and O–H groups in total. The second kappa shape index (κ2) is 3.87. The summed E-state index contributed by atoms with van der Waals surface area (Å²) in [6, 6.07) is -1.18. The van der Waals surface area contributed by atoms with Crippen LogP contribution in [0.2, 0.25) is 0 Å².